The fraction of sp³-hybridized carbons (Fsp3) is 0.188. The number of rotatable bonds is 5. The number of nitrogens with zero attached hydrogens (tertiary/aromatic N) is 1. The smallest absolute Gasteiger partial charge is 0.342 e. The first-order chi connectivity index (χ1) is 12.0. The van der Waals surface area contributed by atoms with Gasteiger partial charge in [0.2, 0.25) is 6.79 Å². The van der Waals surface area contributed by atoms with Crippen molar-refractivity contribution in [2.24, 2.45) is 0 Å². The van der Waals surface area contributed by atoms with Crippen molar-refractivity contribution in [1.29, 1.82) is 0 Å². The Hall–Kier alpha value is -3.00. The molecule has 0 radical (unpaired) electrons. The van der Waals surface area contributed by atoms with Crippen LogP contribution in [0.5, 0.6) is 17.2 Å². The Morgan fingerprint density at radius 3 is 2.84 bits per heavy atom. The van der Waals surface area contributed by atoms with E-state index in [1.54, 1.807) is 12.1 Å². The Labute approximate surface area is 147 Å². The van der Waals surface area contributed by atoms with Crippen molar-refractivity contribution >= 4 is 23.3 Å². The first-order valence-electron chi connectivity index (χ1n) is 7.07. The molecule has 9 heteroatoms. The fourth-order valence-corrected chi connectivity index (χ4v) is 2.59. The third kappa shape index (κ3) is 3.43. The number of ether oxygens (including phenoxy) is 4. The molecule has 8 nitrogen and oxygen atoms in total. The molecule has 1 aliphatic rings. The lowest BCUT2D eigenvalue weighted by molar-refractivity contribution is -0.384. The van der Waals surface area contributed by atoms with Crippen molar-refractivity contribution < 1.29 is 28.7 Å². The minimum Gasteiger partial charge on any atom is -0.496 e. The van der Waals surface area contributed by atoms with E-state index in [0.717, 1.165) is 6.07 Å². The largest absolute Gasteiger partial charge is 0.496 e. The molecule has 1 heterocycles. The Morgan fingerprint density at radius 1 is 1.32 bits per heavy atom. The summed E-state index contributed by atoms with van der Waals surface area (Å²) in [5.74, 6) is 0.331. The quantitative estimate of drug-likeness (QED) is 0.455. The van der Waals surface area contributed by atoms with E-state index in [1.807, 2.05) is 0 Å². The molecule has 1 aliphatic heterocycles. The van der Waals surface area contributed by atoms with Gasteiger partial charge in [0.25, 0.3) is 5.69 Å². The van der Waals surface area contributed by atoms with Crippen molar-refractivity contribution in [3.63, 3.8) is 0 Å². The maximum absolute atomic E-state index is 12.3. The van der Waals surface area contributed by atoms with Crippen LogP contribution in [0.4, 0.5) is 5.69 Å². The van der Waals surface area contributed by atoms with Crippen LogP contribution in [0.2, 0.25) is 5.02 Å². The average molecular weight is 366 g/mol. The van der Waals surface area contributed by atoms with E-state index >= 15 is 0 Å². The molecular weight excluding hydrogens is 354 g/mol. The molecule has 0 bridgehead atoms. The number of carbonyl (C=O) groups excluding carboxylic acids is 1. The van der Waals surface area contributed by atoms with Crippen LogP contribution in [-0.2, 0) is 11.3 Å². The van der Waals surface area contributed by atoms with Crippen LogP contribution in [0.1, 0.15) is 15.9 Å². The predicted molar refractivity (Wildman–Crippen MR) is 86.3 cm³/mol. The molecule has 0 saturated heterocycles. The van der Waals surface area contributed by atoms with Gasteiger partial charge in [-0.1, -0.05) is 11.6 Å². The Kier molecular flexibility index (Phi) is 4.62. The van der Waals surface area contributed by atoms with Gasteiger partial charge in [0.15, 0.2) is 11.5 Å². The van der Waals surface area contributed by atoms with Gasteiger partial charge in [-0.2, -0.15) is 0 Å². The van der Waals surface area contributed by atoms with E-state index in [2.05, 4.69) is 0 Å². The van der Waals surface area contributed by atoms with E-state index in [-0.39, 0.29) is 30.4 Å². The third-order valence-corrected chi connectivity index (χ3v) is 3.75. The zero-order valence-corrected chi connectivity index (χ0v) is 13.7. The van der Waals surface area contributed by atoms with Crippen LogP contribution in [0, 0.1) is 10.1 Å². The lowest BCUT2D eigenvalue weighted by Gasteiger charge is -2.09. The SMILES string of the molecule is COc1ccc([N+](=O)[O-])cc1C(=O)OCc1cc(Cl)c2c(c1)OCO2. The molecule has 0 aliphatic carbocycles. The van der Waals surface area contributed by atoms with Crippen LogP contribution in [-0.4, -0.2) is 24.8 Å². The molecule has 2 aromatic carbocycles. The topological polar surface area (TPSA) is 97.1 Å². The highest BCUT2D eigenvalue weighted by molar-refractivity contribution is 6.32. The molecule has 0 unspecified atom stereocenters. The second kappa shape index (κ2) is 6.86. The zero-order chi connectivity index (χ0) is 18.0. The fourth-order valence-electron chi connectivity index (χ4n) is 2.30. The van der Waals surface area contributed by atoms with Gasteiger partial charge < -0.3 is 18.9 Å². The number of hydrogen-bond acceptors (Lipinski definition) is 7. The molecular formula is C16H12ClNO7. The first kappa shape index (κ1) is 16.8. The molecule has 130 valence electrons. The van der Waals surface area contributed by atoms with Gasteiger partial charge in [0.05, 0.1) is 17.1 Å². The van der Waals surface area contributed by atoms with Crippen molar-refractivity contribution in [2.45, 2.75) is 6.61 Å². The lowest BCUT2D eigenvalue weighted by atomic mass is 10.1. The number of benzene rings is 2. The monoisotopic (exact) mass is 365 g/mol. The Balaban J connectivity index is 1.78. The summed E-state index contributed by atoms with van der Waals surface area (Å²) in [5, 5.41) is 11.2. The minimum atomic E-state index is -0.755. The highest BCUT2D eigenvalue weighted by atomic mass is 35.5. The number of esters is 1. The third-order valence-electron chi connectivity index (χ3n) is 3.47. The van der Waals surface area contributed by atoms with Crippen molar-refractivity contribution in [3.8, 4) is 17.2 Å². The zero-order valence-electron chi connectivity index (χ0n) is 13.0. The molecule has 2 aromatic rings. The number of nitro benzene ring substituents is 1. The Bertz CT molecular complexity index is 853. The summed E-state index contributed by atoms with van der Waals surface area (Å²) in [5.41, 5.74) is 0.314. The van der Waals surface area contributed by atoms with Gasteiger partial charge in [-0.05, 0) is 23.8 Å². The summed E-state index contributed by atoms with van der Waals surface area (Å²) in [4.78, 5) is 22.5. The van der Waals surface area contributed by atoms with Crippen molar-refractivity contribution in [1.82, 2.24) is 0 Å². The van der Waals surface area contributed by atoms with Crippen LogP contribution < -0.4 is 14.2 Å². The summed E-state index contributed by atoms with van der Waals surface area (Å²) in [6.45, 7) is -0.0236. The molecule has 0 aromatic heterocycles. The number of halogens is 1. The maximum Gasteiger partial charge on any atom is 0.342 e. The Morgan fingerprint density at radius 2 is 2.12 bits per heavy atom. The second-order valence-corrected chi connectivity index (χ2v) is 5.44. The predicted octanol–water partition coefficient (Wildman–Crippen LogP) is 3.34. The number of fused-ring (bicyclic) bond motifs is 1. The molecule has 0 saturated carbocycles. The summed E-state index contributed by atoms with van der Waals surface area (Å²) in [6.07, 6.45) is 0. The van der Waals surface area contributed by atoms with Gasteiger partial charge in [0, 0.05) is 12.1 Å². The van der Waals surface area contributed by atoms with Crippen LogP contribution >= 0.6 is 11.6 Å². The van der Waals surface area contributed by atoms with Crippen molar-refractivity contribution in [2.75, 3.05) is 13.9 Å². The lowest BCUT2D eigenvalue weighted by Crippen LogP contribution is -2.08. The molecule has 25 heavy (non-hydrogen) atoms. The molecule has 3 rings (SSSR count). The average Bonchev–Trinajstić information content (AvgIpc) is 3.08. The van der Waals surface area contributed by atoms with E-state index in [9.17, 15) is 14.9 Å². The molecule has 0 N–H and O–H groups in total. The number of hydrogen-bond donors (Lipinski definition) is 0. The van der Waals surface area contributed by atoms with E-state index in [1.165, 1.54) is 19.2 Å². The van der Waals surface area contributed by atoms with Gasteiger partial charge in [-0.25, -0.2) is 4.79 Å². The summed E-state index contributed by atoms with van der Waals surface area (Å²) < 4.78 is 20.7. The van der Waals surface area contributed by atoms with E-state index in [4.69, 9.17) is 30.5 Å². The normalized spacial score (nSPS) is 11.9. The molecule has 0 spiro atoms. The summed E-state index contributed by atoms with van der Waals surface area (Å²) in [6, 6.07) is 6.92. The van der Waals surface area contributed by atoms with Gasteiger partial charge in [-0.15, -0.1) is 0 Å². The first-order valence-corrected chi connectivity index (χ1v) is 7.45. The molecule has 0 fully saturated rings. The number of methoxy groups -OCH3 is 1. The molecule has 0 atom stereocenters. The summed E-state index contributed by atoms with van der Waals surface area (Å²) >= 11 is 6.07. The van der Waals surface area contributed by atoms with Crippen molar-refractivity contribution in [3.05, 3.63) is 56.6 Å². The highest BCUT2D eigenvalue weighted by Gasteiger charge is 2.21. The van der Waals surface area contributed by atoms with Gasteiger partial charge >= 0.3 is 5.97 Å². The number of nitro groups is 1. The van der Waals surface area contributed by atoms with Gasteiger partial charge in [-0.3, -0.25) is 10.1 Å². The van der Waals surface area contributed by atoms with Crippen LogP contribution in [0.25, 0.3) is 0 Å². The minimum absolute atomic E-state index is 0.0384. The highest BCUT2D eigenvalue weighted by Crippen LogP contribution is 2.40. The second-order valence-electron chi connectivity index (χ2n) is 5.03. The summed E-state index contributed by atoms with van der Waals surface area (Å²) in [7, 11) is 1.36. The standard InChI is InChI=1S/C16H12ClNO7/c1-22-13-3-2-10(18(20)21)6-11(13)16(19)23-7-9-4-12(17)15-14(5-9)24-8-25-15/h2-6H,7-8H2,1H3. The van der Waals surface area contributed by atoms with E-state index < -0.39 is 10.9 Å². The number of carbonyl (C=O) groups is 1. The van der Waals surface area contributed by atoms with Crippen LogP contribution in [0.15, 0.2) is 30.3 Å². The van der Waals surface area contributed by atoms with E-state index in [0.29, 0.717) is 22.1 Å². The van der Waals surface area contributed by atoms with Gasteiger partial charge in [0.1, 0.15) is 17.9 Å². The number of non-ortho nitro benzene ring substituents is 1. The van der Waals surface area contributed by atoms with Crippen LogP contribution in [0.3, 0.4) is 0 Å². The molecule has 0 amide bonds. The maximum atomic E-state index is 12.3.